The van der Waals surface area contributed by atoms with E-state index in [4.69, 9.17) is 4.42 Å². The van der Waals surface area contributed by atoms with Gasteiger partial charge in [-0.3, -0.25) is 4.79 Å². The molecule has 1 N–H and O–H groups in total. The van der Waals surface area contributed by atoms with Crippen LogP contribution in [0.3, 0.4) is 0 Å². The molecule has 0 aromatic carbocycles. The van der Waals surface area contributed by atoms with E-state index in [0.717, 1.165) is 38.1 Å². The van der Waals surface area contributed by atoms with Gasteiger partial charge in [0.25, 0.3) is 0 Å². The molecule has 3 fully saturated rings. The van der Waals surface area contributed by atoms with E-state index in [9.17, 15) is 4.79 Å². The van der Waals surface area contributed by atoms with Gasteiger partial charge >= 0.3 is 0 Å². The van der Waals surface area contributed by atoms with Gasteiger partial charge in [-0.25, -0.2) is 0 Å². The SMILES string of the molecule is O=C(C1CC12CCNCC2)N(Cc1ccco1)C1CC1. The molecule has 1 atom stereocenters. The Morgan fingerprint density at radius 3 is 2.85 bits per heavy atom. The summed E-state index contributed by atoms with van der Waals surface area (Å²) in [6.45, 7) is 2.80. The van der Waals surface area contributed by atoms with Crippen molar-refractivity contribution in [3.8, 4) is 0 Å². The summed E-state index contributed by atoms with van der Waals surface area (Å²) in [4.78, 5) is 14.9. The Labute approximate surface area is 119 Å². The first-order valence-corrected chi connectivity index (χ1v) is 7.82. The number of amides is 1. The van der Waals surface area contributed by atoms with Gasteiger partial charge in [0.05, 0.1) is 12.8 Å². The van der Waals surface area contributed by atoms with E-state index in [0.29, 0.717) is 23.9 Å². The summed E-state index contributed by atoms with van der Waals surface area (Å²) in [6, 6.07) is 4.33. The zero-order valence-electron chi connectivity index (χ0n) is 11.8. The summed E-state index contributed by atoms with van der Waals surface area (Å²) in [5.74, 6) is 1.57. The summed E-state index contributed by atoms with van der Waals surface area (Å²) >= 11 is 0. The zero-order valence-corrected chi connectivity index (χ0v) is 11.8. The van der Waals surface area contributed by atoms with Gasteiger partial charge in [-0.15, -0.1) is 0 Å². The largest absolute Gasteiger partial charge is 0.467 e. The Kier molecular flexibility index (Phi) is 2.88. The highest BCUT2D eigenvalue weighted by Gasteiger charge is 2.59. The third kappa shape index (κ3) is 2.16. The maximum atomic E-state index is 12.9. The van der Waals surface area contributed by atoms with Crippen molar-refractivity contribution in [2.45, 2.75) is 44.7 Å². The summed E-state index contributed by atoms with van der Waals surface area (Å²) < 4.78 is 5.43. The second-order valence-corrected chi connectivity index (χ2v) is 6.65. The number of nitrogens with one attached hydrogen (secondary N) is 1. The van der Waals surface area contributed by atoms with E-state index in [1.54, 1.807) is 6.26 Å². The van der Waals surface area contributed by atoms with Crippen LogP contribution in [-0.4, -0.2) is 29.9 Å². The van der Waals surface area contributed by atoms with Gasteiger partial charge in [-0.2, -0.15) is 0 Å². The minimum atomic E-state index is 0.278. The molecular formula is C16H22N2O2. The van der Waals surface area contributed by atoms with Crippen LogP contribution in [0.5, 0.6) is 0 Å². The molecule has 108 valence electrons. The summed E-state index contributed by atoms with van der Waals surface area (Å²) in [5.41, 5.74) is 0.332. The Hall–Kier alpha value is -1.29. The van der Waals surface area contributed by atoms with Gasteiger partial charge in [0, 0.05) is 12.0 Å². The quantitative estimate of drug-likeness (QED) is 0.915. The lowest BCUT2D eigenvalue weighted by Gasteiger charge is -2.26. The molecule has 4 nitrogen and oxygen atoms in total. The molecule has 4 rings (SSSR count). The van der Waals surface area contributed by atoms with Crippen molar-refractivity contribution >= 4 is 5.91 Å². The summed E-state index contributed by atoms with van der Waals surface area (Å²) in [7, 11) is 0. The van der Waals surface area contributed by atoms with Crippen LogP contribution in [0.2, 0.25) is 0 Å². The molecule has 1 aliphatic heterocycles. The monoisotopic (exact) mass is 274 g/mol. The van der Waals surface area contributed by atoms with Gasteiger partial charge in [0.1, 0.15) is 5.76 Å². The first-order valence-electron chi connectivity index (χ1n) is 7.82. The second kappa shape index (κ2) is 4.62. The first kappa shape index (κ1) is 12.5. The predicted molar refractivity (Wildman–Crippen MR) is 74.9 cm³/mol. The lowest BCUT2D eigenvalue weighted by Crippen LogP contribution is -2.37. The van der Waals surface area contributed by atoms with E-state index in [-0.39, 0.29) is 5.92 Å². The molecule has 20 heavy (non-hydrogen) atoms. The summed E-state index contributed by atoms with van der Waals surface area (Å²) in [5, 5.41) is 3.40. The van der Waals surface area contributed by atoms with Crippen LogP contribution in [-0.2, 0) is 11.3 Å². The summed E-state index contributed by atoms with van der Waals surface area (Å²) in [6.07, 6.45) is 7.46. The van der Waals surface area contributed by atoms with Crippen LogP contribution in [0.1, 0.15) is 37.9 Å². The van der Waals surface area contributed by atoms with Gasteiger partial charge in [-0.05, 0) is 62.7 Å². The number of nitrogens with zero attached hydrogens (tertiary/aromatic N) is 1. The van der Waals surface area contributed by atoms with Crippen molar-refractivity contribution in [3.05, 3.63) is 24.2 Å². The van der Waals surface area contributed by atoms with Crippen molar-refractivity contribution in [2.75, 3.05) is 13.1 Å². The van der Waals surface area contributed by atoms with Crippen molar-refractivity contribution in [1.82, 2.24) is 10.2 Å². The number of piperidine rings is 1. The number of hydrogen-bond acceptors (Lipinski definition) is 3. The van der Waals surface area contributed by atoms with Crippen molar-refractivity contribution in [1.29, 1.82) is 0 Å². The molecule has 2 heterocycles. The second-order valence-electron chi connectivity index (χ2n) is 6.65. The third-order valence-corrected chi connectivity index (χ3v) is 5.26. The maximum Gasteiger partial charge on any atom is 0.226 e. The molecular weight excluding hydrogens is 252 g/mol. The lowest BCUT2D eigenvalue weighted by atomic mass is 9.91. The van der Waals surface area contributed by atoms with Crippen molar-refractivity contribution in [3.63, 3.8) is 0 Å². The molecule has 0 bridgehead atoms. The van der Waals surface area contributed by atoms with E-state index < -0.39 is 0 Å². The minimum Gasteiger partial charge on any atom is -0.467 e. The number of carbonyl (C=O) groups excluding carboxylic acids is 1. The Morgan fingerprint density at radius 1 is 1.40 bits per heavy atom. The fraction of sp³-hybridized carbons (Fsp3) is 0.688. The maximum absolute atomic E-state index is 12.9. The zero-order chi connectivity index (χ0) is 13.6. The molecule has 1 unspecified atom stereocenters. The Bertz CT molecular complexity index is 487. The van der Waals surface area contributed by atoms with Gasteiger partial charge in [-0.1, -0.05) is 0 Å². The molecule has 4 heteroatoms. The van der Waals surface area contributed by atoms with Crippen LogP contribution in [0, 0.1) is 11.3 Å². The normalized spacial score (nSPS) is 27.5. The van der Waals surface area contributed by atoms with Crippen molar-refractivity contribution < 1.29 is 9.21 Å². The average molecular weight is 274 g/mol. The highest BCUT2D eigenvalue weighted by atomic mass is 16.3. The van der Waals surface area contributed by atoms with E-state index in [2.05, 4.69) is 10.2 Å². The molecule has 0 radical (unpaired) electrons. The van der Waals surface area contributed by atoms with Gasteiger partial charge in [0.15, 0.2) is 0 Å². The standard InChI is InChI=1S/C16H22N2O2/c19-15(14-10-16(14)5-7-17-8-6-16)18(12-3-4-12)11-13-2-1-9-20-13/h1-2,9,12,14,17H,3-8,10-11H2. The highest BCUT2D eigenvalue weighted by molar-refractivity contribution is 5.83. The van der Waals surface area contributed by atoms with Crippen LogP contribution < -0.4 is 5.32 Å². The minimum absolute atomic E-state index is 0.278. The average Bonchev–Trinajstić information content (AvgIpc) is 3.37. The molecule has 1 aromatic rings. The first-order chi connectivity index (χ1) is 9.78. The molecule has 1 spiro atoms. The van der Waals surface area contributed by atoms with Gasteiger partial charge in [0.2, 0.25) is 5.91 Å². The molecule has 2 aliphatic carbocycles. The number of carbonyl (C=O) groups is 1. The van der Waals surface area contributed by atoms with Crippen LogP contribution >= 0.6 is 0 Å². The third-order valence-electron chi connectivity index (χ3n) is 5.26. The smallest absolute Gasteiger partial charge is 0.226 e. The predicted octanol–water partition coefficient (Wildman–Crippen LogP) is 2.16. The molecule has 1 saturated heterocycles. The molecule has 1 aromatic heterocycles. The van der Waals surface area contributed by atoms with Gasteiger partial charge < -0.3 is 14.6 Å². The molecule has 1 amide bonds. The molecule has 2 saturated carbocycles. The highest BCUT2D eigenvalue weighted by Crippen LogP contribution is 2.59. The van der Waals surface area contributed by atoms with Crippen molar-refractivity contribution in [2.24, 2.45) is 11.3 Å². The van der Waals surface area contributed by atoms with E-state index in [1.165, 1.54) is 12.8 Å². The van der Waals surface area contributed by atoms with E-state index >= 15 is 0 Å². The fourth-order valence-corrected chi connectivity index (χ4v) is 3.72. The number of hydrogen-bond donors (Lipinski definition) is 1. The van der Waals surface area contributed by atoms with Crippen LogP contribution in [0.25, 0.3) is 0 Å². The Balaban J connectivity index is 1.45. The topological polar surface area (TPSA) is 45.5 Å². The van der Waals surface area contributed by atoms with E-state index in [1.807, 2.05) is 12.1 Å². The lowest BCUT2D eigenvalue weighted by molar-refractivity contribution is -0.135. The van der Waals surface area contributed by atoms with Crippen LogP contribution in [0.15, 0.2) is 22.8 Å². The Morgan fingerprint density at radius 2 is 2.20 bits per heavy atom. The molecule has 3 aliphatic rings. The fourth-order valence-electron chi connectivity index (χ4n) is 3.72. The van der Waals surface area contributed by atoms with Crippen LogP contribution in [0.4, 0.5) is 0 Å². The number of furan rings is 1. The number of rotatable bonds is 4.